The first-order chi connectivity index (χ1) is 8.19. The number of nitrogens with two attached hydrogens (primary N) is 1. The summed E-state index contributed by atoms with van der Waals surface area (Å²) in [7, 11) is 2.07. The van der Waals surface area contributed by atoms with Gasteiger partial charge in [0.1, 0.15) is 0 Å². The molecule has 2 rings (SSSR count). The van der Waals surface area contributed by atoms with Gasteiger partial charge in [0.05, 0.1) is 6.54 Å². The van der Waals surface area contributed by atoms with Gasteiger partial charge >= 0.3 is 0 Å². The molecule has 0 spiro atoms. The lowest BCUT2D eigenvalue weighted by molar-refractivity contribution is 0.936. The SMILES string of the molecule is Cc1cccc(N(C)Cc2cnc(NN)s2)c1. The number of anilines is 2. The van der Waals surface area contributed by atoms with Crippen molar-refractivity contribution < 1.29 is 0 Å². The minimum Gasteiger partial charge on any atom is -0.369 e. The highest BCUT2D eigenvalue weighted by Crippen LogP contribution is 2.21. The molecule has 0 saturated carbocycles. The van der Waals surface area contributed by atoms with Gasteiger partial charge in [0.15, 0.2) is 5.13 Å². The summed E-state index contributed by atoms with van der Waals surface area (Å²) in [5.74, 6) is 5.31. The lowest BCUT2D eigenvalue weighted by Gasteiger charge is -2.18. The van der Waals surface area contributed by atoms with Gasteiger partial charge in [-0.05, 0) is 24.6 Å². The molecule has 90 valence electrons. The van der Waals surface area contributed by atoms with Crippen LogP contribution in [0.5, 0.6) is 0 Å². The van der Waals surface area contributed by atoms with Crippen LogP contribution in [-0.4, -0.2) is 12.0 Å². The van der Waals surface area contributed by atoms with E-state index in [9.17, 15) is 0 Å². The van der Waals surface area contributed by atoms with E-state index < -0.39 is 0 Å². The van der Waals surface area contributed by atoms with E-state index in [4.69, 9.17) is 5.84 Å². The first-order valence-corrected chi connectivity index (χ1v) is 6.20. The second kappa shape index (κ2) is 5.16. The van der Waals surface area contributed by atoms with Crippen molar-refractivity contribution in [1.82, 2.24) is 4.98 Å². The third kappa shape index (κ3) is 2.95. The van der Waals surface area contributed by atoms with Gasteiger partial charge < -0.3 is 4.90 Å². The second-order valence-corrected chi connectivity index (χ2v) is 5.09. The largest absolute Gasteiger partial charge is 0.369 e. The Balaban J connectivity index is 2.08. The zero-order valence-corrected chi connectivity index (χ0v) is 10.8. The van der Waals surface area contributed by atoms with E-state index >= 15 is 0 Å². The number of nitrogens with one attached hydrogen (secondary N) is 1. The summed E-state index contributed by atoms with van der Waals surface area (Å²) in [6.07, 6.45) is 1.85. The van der Waals surface area contributed by atoms with E-state index in [-0.39, 0.29) is 0 Å². The van der Waals surface area contributed by atoms with Crippen LogP contribution in [0.15, 0.2) is 30.5 Å². The third-order valence-electron chi connectivity index (χ3n) is 2.51. The van der Waals surface area contributed by atoms with Gasteiger partial charge in [-0.2, -0.15) is 0 Å². The maximum absolute atomic E-state index is 5.31. The molecule has 0 amide bonds. The monoisotopic (exact) mass is 248 g/mol. The van der Waals surface area contributed by atoms with Gasteiger partial charge in [-0.25, -0.2) is 10.8 Å². The molecular formula is C12H16N4S. The molecule has 0 fully saturated rings. The van der Waals surface area contributed by atoms with Gasteiger partial charge in [-0.3, -0.25) is 5.43 Å². The van der Waals surface area contributed by atoms with Crippen molar-refractivity contribution in [2.45, 2.75) is 13.5 Å². The summed E-state index contributed by atoms with van der Waals surface area (Å²) >= 11 is 1.57. The predicted molar refractivity (Wildman–Crippen MR) is 73.2 cm³/mol. The average Bonchev–Trinajstić information content (AvgIpc) is 2.77. The van der Waals surface area contributed by atoms with Crippen molar-refractivity contribution >= 4 is 22.2 Å². The van der Waals surface area contributed by atoms with E-state index in [1.54, 1.807) is 11.3 Å². The molecule has 3 N–H and O–H groups in total. The van der Waals surface area contributed by atoms with E-state index in [1.165, 1.54) is 16.1 Å². The van der Waals surface area contributed by atoms with Crippen molar-refractivity contribution in [2.24, 2.45) is 5.84 Å². The Morgan fingerprint density at radius 1 is 1.47 bits per heavy atom. The molecule has 1 aromatic carbocycles. The van der Waals surface area contributed by atoms with Crippen molar-refractivity contribution in [1.29, 1.82) is 0 Å². The lowest BCUT2D eigenvalue weighted by Crippen LogP contribution is -2.15. The molecular weight excluding hydrogens is 232 g/mol. The van der Waals surface area contributed by atoms with Crippen molar-refractivity contribution in [2.75, 3.05) is 17.4 Å². The first kappa shape index (κ1) is 11.9. The number of aromatic nitrogens is 1. The summed E-state index contributed by atoms with van der Waals surface area (Å²) in [5, 5.41) is 0.748. The summed E-state index contributed by atoms with van der Waals surface area (Å²) in [6.45, 7) is 2.93. The Hall–Kier alpha value is -1.59. The Kier molecular flexibility index (Phi) is 3.61. The van der Waals surface area contributed by atoms with Crippen LogP contribution in [0, 0.1) is 6.92 Å². The van der Waals surface area contributed by atoms with E-state index in [1.807, 2.05) is 6.20 Å². The maximum Gasteiger partial charge on any atom is 0.197 e. The molecule has 1 aromatic heterocycles. The number of hydrazine groups is 1. The molecule has 0 radical (unpaired) electrons. The minimum absolute atomic E-state index is 0.748. The fraction of sp³-hybridized carbons (Fsp3) is 0.250. The van der Waals surface area contributed by atoms with Gasteiger partial charge in [0.2, 0.25) is 0 Å². The molecule has 0 atom stereocenters. The molecule has 0 aliphatic rings. The Bertz CT molecular complexity index is 495. The highest BCUT2D eigenvalue weighted by molar-refractivity contribution is 7.15. The number of nitrogen functional groups attached to an aromatic ring is 1. The van der Waals surface area contributed by atoms with Crippen LogP contribution in [-0.2, 0) is 6.54 Å². The number of rotatable bonds is 4. The first-order valence-electron chi connectivity index (χ1n) is 5.38. The minimum atomic E-state index is 0.748. The molecule has 0 unspecified atom stereocenters. The smallest absolute Gasteiger partial charge is 0.197 e. The zero-order valence-electron chi connectivity index (χ0n) is 9.97. The molecule has 4 nitrogen and oxygen atoms in total. The number of hydrogen-bond acceptors (Lipinski definition) is 5. The van der Waals surface area contributed by atoms with Crippen LogP contribution in [0.2, 0.25) is 0 Å². The fourth-order valence-electron chi connectivity index (χ4n) is 1.64. The van der Waals surface area contributed by atoms with Gasteiger partial charge in [0, 0.05) is 23.8 Å². The number of nitrogens with zero attached hydrogens (tertiary/aromatic N) is 2. The molecule has 0 saturated heterocycles. The molecule has 2 aromatic rings. The number of aryl methyl sites for hydroxylation is 1. The second-order valence-electron chi connectivity index (χ2n) is 3.97. The Labute approximate surface area is 105 Å². The van der Waals surface area contributed by atoms with Gasteiger partial charge in [0.25, 0.3) is 0 Å². The lowest BCUT2D eigenvalue weighted by atomic mass is 10.2. The standard InChI is InChI=1S/C12H16N4S/c1-9-4-3-5-10(6-9)16(2)8-11-7-14-12(15-13)17-11/h3-7H,8,13H2,1-2H3,(H,14,15). The predicted octanol–water partition coefficient (Wildman–Crippen LogP) is 2.37. The Morgan fingerprint density at radius 3 is 2.94 bits per heavy atom. The van der Waals surface area contributed by atoms with Crippen LogP contribution >= 0.6 is 11.3 Å². The molecule has 5 heteroatoms. The van der Waals surface area contributed by atoms with Gasteiger partial charge in [-0.15, -0.1) is 0 Å². The maximum atomic E-state index is 5.31. The normalized spacial score (nSPS) is 10.3. The van der Waals surface area contributed by atoms with Crippen molar-refractivity contribution in [3.05, 3.63) is 40.9 Å². The average molecular weight is 248 g/mol. The number of hydrogen-bond donors (Lipinski definition) is 2. The van der Waals surface area contributed by atoms with E-state index in [2.05, 4.69) is 53.5 Å². The van der Waals surface area contributed by atoms with Gasteiger partial charge in [-0.1, -0.05) is 23.5 Å². The van der Waals surface area contributed by atoms with Crippen molar-refractivity contribution in [3.63, 3.8) is 0 Å². The highest BCUT2D eigenvalue weighted by atomic mass is 32.1. The molecule has 0 aliphatic carbocycles. The molecule has 0 aliphatic heterocycles. The summed E-state index contributed by atoms with van der Waals surface area (Å²) in [6, 6.07) is 8.44. The van der Waals surface area contributed by atoms with E-state index in [0.717, 1.165) is 11.7 Å². The van der Waals surface area contributed by atoms with Crippen LogP contribution in [0.3, 0.4) is 0 Å². The topological polar surface area (TPSA) is 54.2 Å². The highest BCUT2D eigenvalue weighted by Gasteiger charge is 2.05. The Morgan fingerprint density at radius 2 is 2.29 bits per heavy atom. The van der Waals surface area contributed by atoms with Crippen LogP contribution < -0.4 is 16.2 Å². The van der Waals surface area contributed by atoms with Crippen LogP contribution in [0.1, 0.15) is 10.4 Å². The number of benzene rings is 1. The molecule has 0 bridgehead atoms. The summed E-state index contributed by atoms with van der Waals surface area (Å²) < 4.78 is 0. The summed E-state index contributed by atoms with van der Waals surface area (Å²) in [5.41, 5.74) is 5.03. The number of thiazole rings is 1. The van der Waals surface area contributed by atoms with Crippen LogP contribution in [0.4, 0.5) is 10.8 Å². The quantitative estimate of drug-likeness (QED) is 0.644. The molecule has 17 heavy (non-hydrogen) atoms. The van der Waals surface area contributed by atoms with E-state index in [0.29, 0.717) is 0 Å². The fourth-order valence-corrected chi connectivity index (χ4v) is 2.41. The molecule has 1 heterocycles. The zero-order chi connectivity index (χ0) is 12.3. The third-order valence-corrected chi connectivity index (χ3v) is 3.43. The summed E-state index contributed by atoms with van der Waals surface area (Å²) in [4.78, 5) is 7.53. The van der Waals surface area contributed by atoms with Crippen molar-refractivity contribution in [3.8, 4) is 0 Å². The van der Waals surface area contributed by atoms with Crippen LogP contribution in [0.25, 0.3) is 0 Å².